The molecule has 2 aromatic heterocycles. The highest BCUT2D eigenvalue weighted by Gasteiger charge is 2.29. The Bertz CT molecular complexity index is 996. The molecule has 4 rings (SSSR count). The number of rotatable bonds is 4. The van der Waals surface area contributed by atoms with Gasteiger partial charge in [0.05, 0.1) is 29.2 Å². The molecule has 1 aromatic carbocycles. The van der Waals surface area contributed by atoms with Crippen LogP contribution in [0.4, 0.5) is 4.39 Å². The van der Waals surface area contributed by atoms with Crippen molar-refractivity contribution in [1.82, 2.24) is 30.0 Å². The van der Waals surface area contributed by atoms with Crippen LogP contribution in [-0.2, 0) is 36.0 Å². The highest BCUT2D eigenvalue weighted by Crippen LogP contribution is 2.24. The maximum atomic E-state index is 13.4. The van der Waals surface area contributed by atoms with Crippen LogP contribution in [0.2, 0.25) is 0 Å². The monoisotopic (exact) mass is 370 g/mol. The van der Waals surface area contributed by atoms with Crippen LogP contribution in [-0.4, -0.2) is 36.0 Å². The Kier molecular flexibility index (Phi) is 4.43. The molecule has 0 saturated carbocycles. The molecule has 0 saturated heterocycles. The molecule has 27 heavy (non-hydrogen) atoms. The number of carbonyl (C=O) groups is 1. The molecular formula is C18H19FN6O2. The molecule has 9 heteroatoms. The quantitative estimate of drug-likeness (QED) is 0.650. The molecule has 0 spiro atoms. The molecular weight excluding hydrogens is 351 g/mol. The number of halogens is 1. The van der Waals surface area contributed by atoms with Crippen molar-refractivity contribution in [3.05, 3.63) is 52.9 Å². The Morgan fingerprint density at radius 1 is 1.33 bits per heavy atom. The zero-order chi connectivity index (χ0) is 19.0. The summed E-state index contributed by atoms with van der Waals surface area (Å²) in [7, 11) is 1.83. The molecule has 1 unspecified atom stereocenters. The van der Waals surface area contributed by atoms with Gasteiger partial charge in [0.2, 0.25) is 0 Å². The summed E-state index contributed by atoms with van der Waals surface area (Å²) in [5.41, 5.74) is 3.70. The molecule has 0 bridgehead atoms. The van der Waals surface area contributed by atoms with Crippen LogP contribution in [0.25, 0.3) is 5.69 Å². The standard InChI is InChI=1S/C18H19FN6O2/c1-11-7-14(4-5-15(11)19)25-9-13(20-23-25)10-27-18(26)12-3-6-16-17(8-12)24(2)22-21-16/h4-5,7,9,12H,3,6,8,10H2,1-2H3. The van der Waals surface area contributed by atoms with Crippen LogP contribution < -0.4 is 0 Å². The summed E-state index contributed by atoms with van der Waals surface area (Å²) in [5.74, 6) is -0.731. The molecule has 0 N–H and O–H groups in total. The Morgan fingerprint density at radius 2 is 2.19 bits per heavy atom. The van der Waals surface area contributed by atoms with Crippen molar-refractivity contribution in [3.63, 3.8) is 0 Å². The summed E-state index contributed by atoms with van der Waals surface area (Å²) in [5, 5.41) is 16.1. The van der Waals surface area contributed by atoms with Gasteiger partial charge in [-0.1, -0.05) is 10.4 Å². The van der Waals surface area contributed by atoms with E-state index >= 15 is 0 Å². The normalized spacial score (nSPS) is 16.2. The van der Waals surface area contributed by atoms with E-state index in [1.54, 1.807) is 29.9 Å². The smallest absolute Gasteiger partial charge is 0.309 e. The highest BCUT2D eigenvalue weighted by atomic mass is 19.1. The summed E-state index contributed by atoms with van der Waals surface area (Å²) < 4.78 is 22.1. The topological polar surface area (TPSA) is 87.7 Å². The predicted octanol–water partition coefficient (Wildman–Crippen LogP) is 1.69. The van der Waals surface area contributed by atoms with Gasteiger partial charge in [-0.05, 0) is 43.5 Å². The van der Waals surface area contributed by atoms with E-state index in [0.717, 1.165) is 17.8 Å². The lowest BCUT2D eigenvalue weighted by Crippen LogP contribution is -2.25. The zero-order valence-corrected chi connectivity index (χ0v) is 15.1. The van der Waals surface area contributed by atoms with Crippen LogP contribution in [0.5, 0.6) is 0 Å². The Labute approximate surface area is 154 Å². The Morgan fingerprint density at radius 3 is 3.00 bits per heavy atom. The van der Waals surface area contributed by atoms with E-state index in [0.29, 0.717) is 29.8 Å². The maximum Gasteiger partial charge on any atom is 0.309 e. The molecule has 0 fully saturated rings. The number of esters is 1. The highest BCUT2D eigenvalue weighted by molar-refractivity contribution is 5.73. The van der Waals surface area contributed by atoms with Crippen molar-refractivity contribution in [3.8, 4) is 5.69 Å². The average molecular weight is 370 g/mol. The lowest BCUT2D eigenvalue weighted by atomic mass is 9.90. The number of carbonyl (C=O) groups excluding carboxylic acids is 1. The van der Waals surface area contributed by atoms with Gasteiger partial charge in [0, 0.05) is 13.5 Å². The second-order valence-corrected chi connectivity index (χ2v) is 6.74. The number of nitrogens with zero attached hydrogens (tertiary/aromatic N) is 6. The van der Waals surface area contributed by atoms with Crippen molar-refractivity contribution >= 4 is 5.97 Å². The Balaban J connectivity index is 1.38. The van der Waals surface area contributed by atoms with Gasteiger partial charge in [-0.3, -0.25) is 9.48 Å². The summed E-state index contributed by atoms with van der Waals surface area (Å²) >= 11 is 0. The van der Waals surface area contributed by atoms with Crippen LogP contribution in [0, 0.1) is 18.7 Å². The lowest BCUT2D eigenvalue weighted by Gasteiger charge is -2.19. The van der Waals surface area contributed by atoms with E-state index in [4.69, 9.17) is 4.74 Å². The van der Waals surface area contributed by atoms with Gasteiger partial charge in [-0.15, -0.1) is 10.2 Å². The molecule has 0 radical (unpaired) electrons. The first-order valence-corrected chi connectivity index (χ1v) is 8.73. The fraction of sp³-hybridized carbons (Fsp3) is 0.389. The number of hydrogen-bond donors (Lipinski definition) is 0. The first kappa shape index (κ1) is 17.3. The molecule has 8 nitrogen and oxygen atoms in total. The molecule has 1 atom stereocenters. The van der Waals surface area contributed by atoms with Crippen LogP contribution >= 0.6 is 0 Å². The molecule has 2 heterocycles. The number of benzene rings is 1. The van der Waals surface area contributed by atoms with Gasteiger partial charge in [0.25, 0.3) is 0 Å². The summed E-state index contributed by atoms with van der Waals surface area (Å²) in [4.78, 5) is 12.4. The second kappa shape index (κ2) is 6.90. The molecule has 1 aliphatic carbocycles. The molecule has 1 aliphatic rings. The third-order valence-electron chi connectivity index (χ3n) is 4.84. The van der Waals surface area contributed by atoms with Gasteiger partial charge >= 0.3 is 5.97 Å². The minimum atomic E-state index is -0.271. The SMILES string of the molecule is Cc1cc(-n2cc(COC(=O)C3CCc4nnn(C)c4C3)nn2)ccc1F. The number of fused-ring (bicyclic) bond motifs is 1. The number of ether oxygens (including phenoxy) is 1. The van der Waals surface area contributed by atoms with E-state index in [1.807, 2.05) is 7.05 Å². The first-order valence-electron chi connectivity index (χ1n) is 8.73. The number of hydrogen-bond acceptors (Lipinski definition) is 6. The van der Waals surface area contributed by atoms with Crippen molar-refractivity contribution in [2.45, 2.75) is 32.8 Å². The molecule has 3 aromatic rings. The van der Waals surface area contributed by atoms with E-state index in [1.165, 1.54) is 10.7 Å². The third-order valence-corrected chi connectivity index (χ3v) is 4.84. The molecule has 0 amide bonds. The second-order valence-electron chi connectivity index (χ2n) is 6.74. The fourth-order valence-corrected chi connectivity index (χ4v) is 3.24. The van der Waals surface area contributed by atoms with Crippen molar-refractivity contribution in [1.29, 1.82) is 0 Å². The van der Waals surface area contributed by atoms with Crippen molar-refractivity contribution in [2.24, 2.45) is 13.0 Å². The van der Waals surface area contributed by atoms with Gasteiger partial charge < -0.3 is 4.74 Å². The van der Waals surface area contributed by atoms with Gasteiger partial charge in [0.1, 0.15) is 18.1 Å². The van der Waals surface area contributed by atoms with Crippen LogP contribution in [0.15, 0.2) is 24.4 Å². The third kappa shape index (κ3) is 3.44. The Hall–Kier alpha value is -3.10. The summed E-state index contributed by atoms with van der Waals surface area (Å²) in [6.45, 7) is 1.73. The van der Waals surface area contributed by atoms with E-state index in [2.05, 4.69) is 20.6 Å². The number of aryl methyl sites for hydroxylation is 3. The predicted molar refractivity (Wildman–Crippen MR) is 92.4 cm³/mol. The van der Waals surface area contributed by atoms with Gasteiger partial charge in [0.15, 0.2) is 0 Å². The fourth-order valence-electron chi connectivity index (χ4n) is 3.24. The minimum Gasteiger partial charge on any atom is -0.459 e. The lowest BCUT2D eigenvalue weighted by molar-refractivity contribution is -0.150. The van der Waals surface area contributed by atoms with E-state index in [9.17, 15) is 9.18 Å². The van der Waals surface area contributed by atoms with E-state index < -0.39 is 0 Å². The average Bonchev–Trinajstić information content (AvgIpc) is 3.29. The van der Waals surface area contributed by atoms with Gasteiger partial charge in [-0.2, -0.15) is 0 Å². The largest absolute Gasteiger partial charge is 0.459 e. The summed E-state index contributed by atoms with van der Waals surface area (Å²) in [6.07, 6.45) is 3.68. The van der Waals surface area contributed by atoms with Gasteiger partial charge in [-0.25, -0.2) is 9.07 Å². The summed E-state index contributed by atoms with van der Waals surface area (Å²) in [6, 6.07) is 4.69. The van der Waals surface area contributed by atoms with E-state index in [-0.39, 0.29) is 24.3 Å². The first-order chi connectivity index (χ1) is 13.0. The van der Waals surface area contributed by atoms with Crippen LogP contribution in [0.3, 0.4) is 0 Å². The number of aromatic nitrogens is 6. The molecule has 0 aliphatic heterocycles. The maximum absolute atomic E-state index is 13.4. The molecule has 140 valence electrons. The van der Waals surface area contributed by atoms with Crippen molar-refractivity contribution in [2.75, 3.05) is 0 Å². The zero-order valence-electron chi connectivity index (χ0n) is 15.1. The van der Waals surface area contributed by atoms with Crippen LogP contribution in [0.1, 0.15) is 29.1 Å². The van der Waals surface area contributed by atoms with Crippen molar-refractivity contribution < 1.29 is 13.9 Å². The minimum absolute atomic E-state index is 0.0476.